The molecule has 0 bridgehead atoms. The minimum atomic E-state index is -3.17. The zero-order valence-electron chi connectivity index (χ0n) is 7.40. The lowest BCUT2D eigenvalue weighted by molar-refractivity contribution is 0.601. The molecule has 4 heteroatoms. The van der Waals surface area contributed by atoms with Gasteiger partial charge in [0.1, 0.15) is 0 Å². The summed E-state index contributed by atoms with van der Waals surface area (Å²) in [5.74, 6) is 0. The second-order valence-electron chi connectivity index (χ2n) is 2.86. The summed E-state index contributed by atoms with van der Waals surface area (Å²) in [5.41, 5.74) is 1.09. The Morgan fingerprint density at radius 3 is 2.38 bits per heavy atom. The molecule has 0 amide bonds. The van der Waals surface area contributed by atoms with E-state index >= 15 is 0 Å². The van der Waals surface area contributed by atoms with Crippen molar-refractivity contribution in [3.63, 3.8) is 0 Å². The molecule has 1 aromatic carbocycles. The maximum absolute atomic E-state index is 11.2. The van der Waals surface area contributed by atoms with Crippen LogP contribution < -0.4 is 0 Å². The van der Waals surface area contributed by atoms with E-state index < -0.39 is 9.84 Å². The van der Waals surface area contributed by atoms with Crippen LogP contribution in [-0.2, 0) is 9.84 Å². The van der Waals surface area contributed by atoms with Crippen LogP contribution in [0.5, 0.6) is 0 Å². The summed E-state index contributed by atoms with van der Waals surface area (Å²) >= 11 is 0. The largest absolute Gasteiger partial charge is 0.224 e. The Morgan fingerprint density at radius 1 is 1.38 bits per heavy atom. The van der Waals surface area contributed by atoms with Crippen molar-refractivity contribution < 1.29 is 8.42 Å². The maximum Gasteiger partial charge on any atom is 0.175 e. The molecule has 1 aromatic rings. The van der Waals surface area contributed by atoms with Crippen molar-refractivity contribution in [2.24, 2.45) is 0 Å². The summed E-state index contributed by atoms with van der Waals surface area (Å²) in [7, 11) is -3.17. The number of aryl methyl sites for hydroxylation is 1. The van der Waals surface area contributed by atoms with Gasteiger partial charge in [0, 0.05) is 6.26 Å². The van der Waals surface area contributed by atoms with E-state index in [1.165, 1.54) is 12.1 Å². The summed E-state index contributed by atoms with van der Waals surface area (Å²) in [4.78, 5) is 0.284. The fourth-order valence-electron chi connectivity index (χ4n) is 1.13. The second-order valence-corrected chi connectivity index (χ2v) is 4.85. The summed E-state index contributed by atoms with van der Waals surface area (Å²) in [6, 6.07) is 6.48. The van der Waals surface area contributed by atoms with Gasteiger partial charge in [-0.3, -0.25) is 0 Å². The zero-order chi connectivity index (χ0) is 10.1. The van der Waals surface area contributed by atoms with E-state index in [9.17, 15) is 8.42 Å². The van der Waals surface area contributed by atoms with E-state index in [-0.39, 0.29) is 4.90 Å². The predicted octanol–water partition coefficient (Wildman–Crippen LogP) is 1.27. The average Bonchev–Trinajstić information content (AvgIpc) is 2.01. The standard InChI is InChI=1S/C9H9NO2S/c1-7-5-8(6-10)3-4-9(7)13(2,11)12/h3-5H,1-2H3. The molecule has 68 valence electrons. The molecule has 0 heterocycles. The van der Waals surface area contributed by atoms with Crippen LogP contribution in [0.1, 0.15) is 11.1 Å². The zero-order valence-corrected chi connectivity index (χ0v) is 8.22. The van der Waals surface area contributed by atoms with Crippen LogP contribution in [0, 0.1) is 18.3 Å². The van der Waals surface area contributed by atoms with Gasteiger partial charge in [-0.05, 0) is 30.7 Å². The smallest absolute Gasteiger partial charge is 0.175 e. The molecule has 0 atom stereocenters. The number of benzene rings is 1. The Kier molecular flexibility index (Phi) is 2.39. The highest BCUT2D eigenvalue weighted by Gasteiger charge is 2.10. The molecule has 0 unspecified atom stereocenters. The van der Waals surface area contributed by atoms with Crippen molar-refractivity contribution in [1.29, 1.82) is 5.26 Å². The van der Waals surface area contributed by atoms with Crippen LogP contribution in [0.4, 0.5) is 0 Å². The molecule has 0 saturated heterocycles. The number of nitriles is 1. The molecule has 1 rings (SSSR count). The Morgan fingerprint density at radius 2 is 2.00 bits per heavy atom. The third kappa shape index (κ3) is 2.07. The van der Waals surface area contributed by atoms with Gasteiger partial charge in [0.15, 0.2) is 9.84 Å². The van der Waals surface area contributed by atoms with Crippen molar-refractivity contribution in [1.82, 2.24) is 0 Å². The SMILES string of the molecule is Cc1cc(C#N)ccc1S(C)(=O)=O. The van der Waals surface area contributed by atoms with Crippen LogP contribution in [0.15, 0.2) is 23.1 Å². The van der Waals surface area contributed by atoms with Gasteiger partial charge in [-0.15, -0.1) is 0 Å². The first-order valence-corrected chi connectivity index (χ1v) is 5.55. The van der Waals surface area contributed by atoms with E-state index in [2.05, 4.69) is 0 Å². The molecule has 0 saturated carbocycles. The fourth-order valence-corrected chi connectivity index (χ4v) is 2.09. The van der Waals surface area contributed by atoms with Crippen LogP contribution in [0.25, 0.3) is 0 Å². The average molecular weight is 195 g/mol. The molecule has 0 aliphatic carbocycles. The highest BCUT2D eigenvalue weighted by molar-refractivity contribution is 7.90. The number of sulfone groups is 1. The van der Waals surface area contributed by atoms with E-state index in [0.717, 1.165) is 6.26 Å². The van der Waals surface area contributed by atoms with Gasteiger partial charge in [-0.2, -0.15) is 5.26 Å². The van der Waals surface area contributed by atoms with Gasteiger partial charge in [-0.25, -0.2) is 8.42 Å². The third-order valence-corrected chi connectivity index (χ3v) is 2.96. The number of hydrogen-bond donors (Lipinski definition) is 0. The summed E-state index contributed by atoms with van der Waals surface area (Å²) in [6.45, 7) is 1.68. The quantitative estimate of drug-likeness (QED) is 0.678. The normalized spacial score (nSPS) is 10.8. The summed E-state index contributed by atoms with van der Waals surface area (Å²) < 4.78 is 22.3. The Labute approximate surface area is 77.5 Å². The third-order valence-electron chi connectivity index (χ3n) is 1.70. The van der Waals surface area contributed by atoms with E-state index in [0.29, 0.717) is 11.1 Å². The highest BCUT2D eigenvalue weighted by atomic mass is 32.2. The molecule has 0 N–H and O–H groups in total. The molecular formula is C9H9NO2S. The first kappa shape index (κ1) is 9.75. The molecule has 0 radical (unpaired) electrons. The molecular weight excluding hydrogens is 186 g/mol. The molecule has 0 aliphatic heterocycles. The van der Waals surface area contributed by atoms with Gasteiger partial charge in [0.05, 0.1) is 16.5 Å². The van der Waals surface area contributed by atoms with Crippen LogP contribution >= 0.6 is 0 Å². The molecule has 0 aliphatic rings. The Hall–Kier alpha value is -1.34. The van der Waals surface area contributed by atoms with E-state index in [1.807, 2.05) is 6.07 Å². The molecule has 0 fully saturated rings. The topological polar surface area (TPSA) is 57.9 Å². The van der Waals surface area contributed by atoms with Gasteiger partial charge in [-0.1, -0.05) is 0 Å². The Balaban J connectivity index is 3.40. The minimum Gasteiger partial charge on any atom is -0.224 e. The molecule has 3 nitrogen and oxygen atoms in total. The lowest BCUT2D eigenvalue weighted by Crippen LogP contribution is -1.99. The van der Waals surface area contributed by atoms with Crippen LogP contribution in [0.3, 0.4) is 0 Å². The number of hydrogen-bond acceptors (Lipinski definition) is 3. The molecule has 0 aromatic heterocycles. The molecule has 0 spiro atoms. The highest BCUT2D eigenvalue weighted by Crippen LogP contribution is 2.15. The molecule has 13 heavy (non-hydrogen) atoms. The van der Waals surface area contributed by atoms with Crippen molar-refractivity contribution in [2.45, 2.75) is 11.8 Å². The number of rotatable bonds is 1. The first-order chi connectivity index (χ1) is 5.95. The van der Waals surface area contributed by atoms with Gasteiger partial charge < -0.3 is 0 Å². The first-order valence-electron chi connectivity index (χ1n) is 3.66. The van der Waals surface area contributed by atoms with Gasteiger partial charge >= 0.3 is 0 Å². The monoisotopic (exact) mass is 195 g/mol. The van der Waals surface area contributed by atoms with Gasteiger partial charge in [0.25, 0.3) is 0 Å². The summed E-state index contributed by atoms with van der Waals surface area (Å²) in [5, 5.41) is 8.56. The minimum absolute atomic E-state index is 0.284. The summed E-state index contributed by atoms with van der Waals surface area (Å²) in [6.07, 6.45) is 1.15. The van der Waals surface area contributed by atoms with E-state index in [4.69, 9.17) is 5.26 Å². The number of nitrogens with zero attached hydrogens (tertiary/aromatic N) is 1. The van der Waals surface area contributed by atoms with Crippen molar-refractivity contribution in [3.8, 4) is 6.07 Å². The van der Waals surface area contributed by atoms with Crippen LogP contribution in [-0.4, -0.2) is 14.7 Å². The van der Waals surface area contributed by atoms with Crippen molar-refractivity contribution in [2.75, 3.05) is 6.26 Å². The van der Waals surface area contributed by atoms with Crippen LogP contribution in [0.2, 0.25) is 0 Å². The fraction of sp³-hybridized carbons (Fsp3) is 0.222. The van der Waals surface area contributed by atoms with Crippen molar-refractivity contribution >= 4 is 9.84 Å². The van der Waals surface area contributed by atoms with Gasteiger partial charge in [0.2, 0.25) is 0 Å². The lowest BCUT2D eigenvalue weighted by atomic mass is 10.2. The second kappa shape index (κ2) is 3.19. The maximum atomic E-state index is 11.2. The van der Waals surface area contributed by atoms with Crippen molar-refractivity contribution in [3.05, 3.63) is 29.3 Å². The predicted molar refractivity (Wildman–Crippen MR) is 49.0 cm³/mol. The lowest BCUT2D eigenvalue weighted by Gasteiger charge is -2.02. The Bertz CT molecular complexity index is 469. The van der Waals surface area contributed by atoms with E-state index in [1.54, 1.807) is 13.0 Å².